The number of rotatable bonds is 3. The Hall–Kier alpha value is -2.38. The predicted molar refractivity (Wildman–Crippen MR) is 80.1 cm³/mol. The number of aromatic nitrogens is 2. The standard InChI is InChI=1S/C13H19N7O/c1-2-15-9-3-6-16-12(17-9)20-7-4-13(5-8-20)10(21)18-11(14)19-13/h3,6H,2,4-5,7-8H2,1H3,(H,15,16,17)(H3,14,18,19,21). The van der Waals surface area contributed by atoms with Crippen LogP contribution in [-0.2, 0) is 4.79 Å². The topological polar surface area (TPSA) is 109 Å². The lowest BCUT2D eigenvalue weighted by atomic mass is 9.88. The molecule has 0 bridgehead atoms. The Morgan fingerprint density at radius 3 is 2.86 bits per heavy atom. The number of anilines is 2. The summed E-state index contributed by atoms with van der Waals surface area (Å²) in [5.41, 5.74) is 4.91. The van der Waals surface area contributed by atoms with E-state index in [0.29, 0.717) is 31.9 Å². The van der Waals surface area contributed by atoms with Crippen molar-refractivity contribution in [2.75, 3.05) is 29.9 Å². The highest BCUT2D eigenvalue weighted by Gasteiger charge is 2.45. The van der Waals surface area contributed by atoms with Crippen molar-refractivity contribution in [2.45, 2.75) is 25.3 Å². The van der Waals surface area contributed by atoms with Gasteiger partial charge in [0.2, 0.25) is 5.95 Å². The van der Waals surface area contributed by atoms with Gasteiger partial charge < -0.3 is 16.0 Å². The van der Waals surface area contributed by atoms with Crippen molar-refractivity contribution in [3.05, 3.63) is 12.3 Å². The number of nitrogens with zero attached hydrogens (tertiary/aromatic N) is 4. The van der Waals surface area contributed by atoms with E-state index >= 15 is 0 Å². The lowest BCUT2D eigenvalue weighted by Gasteiger charge is -2.35. The molecule has 0 atom stereocenters. The molecule has 1 aromatic rings. The van der Waals surface area contributed by atoms with E-state index in [1.165, 1.54) is 0 Å². The molecule has 2 aliphatic rings. The van der Waals surface area contributed by atoms with Crippen molar-refractivity contribution in [3.8, 4) is 0 Å². The summed E-state index contributed by atoms with van der Waals surface area (Å²) < 4.78 is 0. The summed E-state index contributed by atoms with van der Waals surface area (Å²) in [5, 5.41) is 5.75. The number of guanidine groups is 1. The molecule has 0 radical (unpaired) electrons. The van der Waals surface area contributed by atoms with Crippen LogP contribution in [0.2, 0.25) is 0 Å². The van der Waals surface area contributed by atoms with E-state index in [1.807, 2.05) is 13.0 Å². The van der Waals surface area contributed by atoms with Gasteiger partial charge in [-0.3, -0.25) is 10.1 Å². The average Bonchev–Trinajstić information content (AvgIpc) is 2.74. The second-order valence-electron chi connectivity index (χ2n) is 5.24. The molecule has 3 rings (SSSR count). The molecule has 21 heavy (non-hydrogen) atoms. The first-order valence-corrected chi connectivity index (χ1v) is 7.11. The maximum Gasteiger partial charge on any atom is 0.254 e. The molecule has 112 valence electrons. The number of nitrogens with two attached hydrogens (primary N) is 1. The van der Waals surface area contributed by atoms with Crippen LogP contribution < -0.4 is 21.3 Å². The summed E-state index contributed by atoms with van der Waals surface area (Å²) in [6.07, 6.45) is 2.98. The molecule has 0 aromatic carbocycles. The Morgan fingerprint density at radius 2 is 2.24 bits per heavy atom. The smallest absolute Gasteiger partial charge is 0.254 e. The Kier molecular flexibility index (Phi) is 3.36. The summed E-state index contributed by atoms with van der Waals surface area (Å²) in [4.78, 5) is 27.1. The molecule has 1 saturated heterocycles. The number of piperidine rings is 1. The molecule has 4 N–H and O–H groups in total. The van der Waals surface area contributed by atoms with Gasteiger partial charge in [-0.2, -0.15) is 4.98 Å². The summed E-state index contributed by atoms with van der Waals surface area (Å²) in [5.74, 6) is 1.61. The van der Waals surface area contributed by atoms with Gasteiger partial charge in [0.15, 0.2) is 5.96 Å². The zero-order valence-corrected chi connectivity index (χ0v) is 12.0. The first-order valence-electron chi connectivity index (χ1n) is 7.11. The highest BCUT2D eigenvalue weighted by Crippen LogP contribution is 2.30. The fourth-order valence-electron chi connectivity index (χ4n) is 2.74. The average molecular weight is 289 g/mol. The van der Waals surface area contributed by atoms with Crippen LogP contribution in [0.3, 0.4) is 0 Å². The maximum atomic E-state index is 12.0. The molecule has 1 aromatic heterocycles. The van der Waals surface area contributed by atoms with Crippen molar-refractivity contribution in [1.82, 2.24) is 15.3 Å². The van der Waals surface area contributed by atoms with Gasteiger partial charge in [-0.15, -0.1) is 0 Å². The van der Waals surface area contributed by atoms with E-state index in [4.69, 9.17) is 5.73 Å². The summed E-state index contributed by atoms with van der Waals surface area (Å²) >= 11 is 0. The predicted octanol–water partition coefficient (Wildman–Crippen LogP) is -0.308. The van der Waals surface area contributed by atoms with Crippen molar-refractivity contribution in [3.63, 3.8) is 0 Å². The van der Waals surface area contributed by atoms with Crippen molar-refractivity contribution >= 4 is 23.6 Å². The van der Waals surface area contributed by atoms with Gasteiger partial charge in [0.05, 0.1) is 0 Å². The van der Waals surface area contributed by atoms with E-state index in [0.717, 1.165) is 12.4 Å². The minimum atomic E-state index is -0.695. The zero-order valence-electron chi connectivity index (χ0n) is 12.0. The highest BCUT2D eigenvalue weighted by molar-refractivity contribution is 6.06. The second kappa shape index (κ2) is 5.19. The highest BCUT2D eigenvalue weighted by atomic mass is 16.2. The van der Waals surface area contributed by atoms with E-state index in [9.17, 15) is 4.79 Å². The van der Waals surface area contributed by atoms with Gasteiger partial charge in [-0.05, 0) is 25.8 Å². The van der Waals surface area contributed by atoms with E-state index in [-0.39, 0.29) is 11.9 Å². The Bertz CT molecular complexity index is 578. The van der Waals surface area contributed by atoms with Crippen LogP contribution in [0.1, 0.15) is 19.8 Å². The van der Waals surface area contributed by atoms with Crippen molar-refractivity contribution < 1.29 is 4.79 Å². The first kappa shape index (κ1) is 13.6. The molecule has 1 spiro atoms. The largest absolute Gasteiger partial charge is 0.370 e. The minimum absolute atomic E-state index is 0.0954. The number of hydrogen-bond donors (Lipinski definition) is 3. The molecule has 3 heterocycles. The van der Waals surface area contributed by atoms with E-state index < -0.39 is 5.54 Å². The van der Waals surface area contributed by atoms with E-state index in [2.05, 4.69) is 30.5 Å². The van der Waals surface area contributed by atoms with Crippen LogP contribution in [0.25, 0.3) is 0 Å². The van der Waals surface area contributed by atoms with Crippen LogP contribution >= 0.6 is 0 Å². The fraction of sp³-hybridized carbons (Fsp3) is 0.538. The fourth-order valence-corrected chi connectivity index (χ4v) is 2.74. The van der Waals surface area contributed by atoms with Gasteiger partial charge in [-0.25, -0.2) is 9.98 Å². The maximum absolute atomic E-state index is 12.0. The van der Waals surface area contributed by atoms with Crippen LogP contribution in [0, 0.1) is 0 Å². The Labute approximate surface area is 122 Å². The summed E-state index contributed by atoms with van der Waals surface area (Å²) in [6, 6.07) is 1.84. The molecule has 0 unspecified atom stereocenters. The van der Waals surface area contributed by atoms with Gasteiger partial charge in [0.25, 0.3) is 5.91 Å². The molecule has 1 fully saturated rings. The number of amides is 1. The van der Waals surface area contributed by atoms with Gasteiger partial charge in [0.1, 0.15) is 11.4 Å². The molecular formula is C13H19N7O. The van der Waals surface area contributed by atoms with Crippen LogP contribution in [-0.4, -0.2) is 47.0 Å². The number of carbonyl (C=O) groups excluding carboxylic acids is 1. The second-order valence-corrected chi connectivity index (χ2v) is 5.24. The molecule has 1 amide bonds. The molecule has 0 aliphatic carbocycles. The zero-order chi connectivity index (χ0) is 14.9. The number of nitrogens with one attached hydrogen (secondary N) is 2. The Morgan fingerprint density at radius 1 is 1.48 bits per heavy atom. The Balaban J connectivity index is 1.71. The normalized spacial score (nSPS) is 20.3. The third-order valence-electron chi connectivity index (χ3n) is 3.87. The number of carbonyl (C=O) groups is 1. The van der Waals surface area contributed by atoms with Crippen molar-refractivity contribution in [2.24, 2.45) is 10.7 Å². The molecular weight excluding hydrogens is 270 g/mol. The number of aliphatic imine (C=N–C) groups is 1. The van der Waals surface area contributed by atoms with E-state index in [1.54, 1.807) is 6.20 Å². The summed E-state index contributed by atoms with van der Waals surface area (Å²) in [6.45, 7) is 4.20. The monoisotopic (exact) mass is 289 g/mol. The molecule has 8 heteroatoms. The minimum Gasteiger partial charge on any atom is -0.370 e. The molecule has 0 saturated carbocycles. The van der Waals surface area contributed by atoms with Gasteiger partial charge in [-0.1, -0.05) is 0 Å². The lowest BCUT2D eigenvalue weighted by molar-refractivity contribution is -0.124. The van der Waals surface area contributed by atoms with Crippen LogP contribution in [0.4, 0.5) is 11.8 Å². The van der Waals surface area contributed by atoms with Crippen LogP contribution in [0.5, 0.6) is 0 Å². The molecule has 8 nitrogen and oxygen atoms in total. The van der Waals surface area contributed by atoms with Gasteiger partial charge >= 0.3 is 0 Å². The quantitative estimate of drug-likeness (QED) is 0.704. The lowest BCUT2D eigenvalue weighted by Crippen LogP contribution is -2.49. The van der Waals surface area contributed by atoms with Crippen LogP contribution in [0.15, 0.2) is 17.3 Å². The first-order chi connectivity index (χ1) is 10.1. The molecule has 2 aliphatic heterocycles. The number of hydrogen-bond acceptors (Lipinski definition) is 7. The van der Waals surface area contributed by atoms with Crippen molar-refractivity contribution in [1.29, 1.82) is 0 Å². The SMILES string of the molecule is CCNc1ccnc(N2CCC3(CC2)N=C(N)NC3=O)n1. The third-order valence-corrected chi connectivity index (χ3v) is 3.87. The third kappa shape index (κ3) is 2.48. The summed E-state index contributed by atoms with van der Waals surface area (Å²) in [7, 11) is 0. The van der Waals surface area contributed by atoms with Gasteiger partial charge in [0, 0.05) is 25.8 Å².